The van der Waals surface area contributed by atoms with E-state index in [0.717, 1.165) is 12.8 Å². The first-order valence-electron chi connectivity index (χ1n) is 8.47. The number of rotatable bonds is 15. The molecule has 8 nitrogen and oxygen atoms in total. The molecule has 26 heavy (non-hydrogen) atoms. The monoisotopic (exact) mass is 428 g/mol. The molecular formula is C15H33NaO8S2. The fourth-order valence-corrected chi connectivity index (χ4v) is 2.48. The molecule has 0 aliphatic rings. The molecule has 2 N–H and O–H groups in total. The normalized spacial score (nSPS) is 11.2. The summed E-state index contributed by atoms with van der Waals surface area (Å²) in [5.41, 5.74) is 0. The molecule has 0 aromatic carbocycles. The van der Waals surface area contributed by atoms with Crippen LogP contribution in [0.2, 0.25) is 0 Å². The van der Waals surface area contributed by atoms with Crippen molar-refractivity contribution < 1.29 is 34.3 Å². The van der Waals surface area contributed by atoms with Gasteiger partial charge in [-0.3, -0.25) is 9.11 Å². The Bertz CT molecular complexity index is 506. The average molecular weight is 429 g/mol. The third-order valence-corrected chi connectivity index (χ3v) is 3.96. The maximum absolute atomic E-state index is 10.2. The summed E-state index contributed by atoms with van der Waals surface area (Å²) in [6, 6.07) is 0. The van der Waals surface area contributed by atoms with Gasteiger partial charge in [0.1, 0.15) is 0 Å². The van der Waals surface area contributed by atoms with Crippen molar-refractivity contribution in [1.29, 1.82) is 0 Å². The molecule has 0 bridgehead atoms. The van der Waals surface area contributed by atoms with Crippen molar-refractivity contribution in [3.8, 4) is 0 Å². The van der Waals surface area contributed by atoms with Crippen LogP contribution in [-0.2, 0) is 29.2 Å². The molecule has 0 radical (unpaired) electrons. The molecule has 0 saturated heterocycles. The van der Waals surface area contributed by atoms with E-state index >= 15 is 0 Å². The molecule has 0 saturated carbocycles. The Labute approximate surface area is 180 Å². The van der Waals surface area contributed by atoms with E-state index in [-0.39, 0.29) is 42.8 Å². The quantitative estimate of drug-likeness (QED) is 0.176. The second-order valence-corrected chi connectivity index (χ2v) is 7.61. The Kier molecular flexibility index (Phi) is 24.3. The number of unbranched alkanes of at least 4 members (excludes halogenated alkanes) is 9. The standard InChI is InChI=1S/C12H26O4S.C3H6O4S.Na.H/c1-2-3-4-5-6-7-8-9-10-11-12-16-17(13,14)15;1-2-3-7-8(4,5)6;;/h2-12H2,1H3,(H,13,14,15);2H,1,3H2,(H,4,5,6);;. The van der Waals surface area contributed by atoms with E-state index in [1.165, 1.54) is 51.0 Å². The third-order valence-electron chi connectivity index (χ3n) is 3.06. The molecule has 154 valence electrons. The minimum absolute atomic E-state index is 0. The van der Waals surface area contributed by atoms with Crippen molar-refractivity contribution in [2.45, 2.75) is 71.1 Å². The molecule has 0 atom stereocenters. The Balaban J connectivity index is -0.000000498. The van der Waals surface area contributed by atoms with Gasteiger partial charge in [-0.2, -0.15) is 16.8 Å². The molecule has 0 spiro atoms. The van der Waals surface area contributed by atoms with E-state index in [1.807, 2.05) is 0 Å². The van der Waals surface area contributed by atoms with Crippen LogP contribution >= 0.6 is 0 Å². The second-order valence-electron chi connectivity index (χ2n) is 5.43. The van der Waals surface area contributed by atoms with Gasteiger partial charge in [-0.1, -0.05) is 70.8 Å². The number of hydrogen-bond acceptors (Lipinski definition) is 6. The Morgan fingerprint density at radius 3 is 1.46 bits per heavy atom. The number of hydrogen-bond donors (Lipinski definition) is 2. The van der Waals surface area contributed by atoms with Crippen LogP contribution in [0.25, 0.3) is 0 Å². The molecule has 0 rings (SSSR count). The van der Waals surface area contributed by atoms with Gasteiger partial charge < -0.3 is 0 Å². The zero-order valence-electron chi connectivity index (χ0n) is 14.9. The van der Waals surface area contributed by atoms with Crippen molar-refractivity contribution >= 4 is 50.4 Å². The fraction of sp³-hybridized carbons (Fsp3) is 0.867. The van der Waals surface area contributed by atoms with Gasteiger partial charge in [0, 0.05) is 0 Å². The van der Waals surface area contributed by atoms with Gasteiger partial charge >= 0.3 is 50.4 Å². The predicted molar refractivity (Wildman–Crippen MR) is 104 cm³/mol. The topological polar surface area (TPSA) is 127 Å². The molecule has 11 heteroatoms. The SMILES string of the molecule is C=CCOS(=O)(=O)O.CCCCCCCCCCCCOS(=O)(=O)O.[NaH]. The van der Waals surface area contributed by atoms with Crippen LogP contribution in [0.3, 0.4) is 0 Å². The maximum atomic E-state index is 10.2. The van der Waals surface area contributed by atoms with Crippen LogP contribution in [0.1, 0.15) is 71.1 Å². The molecule has 0 aliphatic heterocycles. The molecule has 0 heterocycles. The molecule has 0 fully saturated rings. The first-order valence-corrected chi connectivity index (χ1v) is 11.2. The molecule has 0 amide bonds. The predicted octanol–water partition coefficient (Wildman–Crippen LogP) is 3.07. The summed E-state index contributed by atoms with van der Waals surface area (Å²) in [4.78, 5) is 0. The van der Waals surface area contributed by atoms with Gasteiger partial charge in [-0.15, -0.1) is 6.58 Å². The van der Waals surface area contributed by atoms with Gasteiger partial charge in [-0.05, 0) is 6.42 Å². The van der Waals surface area contributed by atoms with Crippen LogP contribution < -0.4 is 0 Å². The molecule has 0 aliphatic carbocycles. The van der Waals surface area contributed by atoms with Crippen molar-refractivity contribution in [3.05, 3.63) is 12.7 Å². The van der Waals surface area contributed by atoms with Gasteiger partial charge in [-0.25, -0.2) is 8.37 Å². The molecular weight excluding hydrogens is 395 g/mol. The van der Waals surface area contributed by atoms with Crippen molar-refractivity contribution in [2.75, 3.05) is 13.2 Å². The molecule has 0 aromatic heterocycles. The van der Waals surface area contributed by atoms with Crippen LogP contribution in [-0.4, -0.2) is 68.7 Å². The van der Waals surface area contributed by atoms with Gasteiger partial charge in [0.15, 0.2) is 0 Å². The van der Waals surface area contributed by atoms with Crippen LogP contribution in [0, 0.1) is 0 Å². The summed E-state index contributed by atoms with van der Waals surface area (Å²) in [5.74, 6) is 0. The summed E-state index contributed by atoms with van der Waals surface area (Å²) >= 11 is 0. The fourth-order valence-electron chi connectivity index (χ4n) is 1.89. The van der Waals surface area contributed by atoms with Crippen LogP contribution in [0.15, 0.2) is 12.7 Å². The Hall–Kier alpha value is 0.480. The summed E-state index contributed by atoms with van der Waals surface area (Å²) in [6.07, 6.45) is 13.1. The summed E-state index contributed by atoms with van der Waals surface area (Å²) in [6.45, 7) is 5.28. The van der Waals surface area contributed by atoms with Gasteiger partial charge in [0.25, 0.3) is 0 Å². The van der Waals surface area contributed by atoms with Crippen molar-refractivity contribution in [3.63, 3.8) is 0 Å². The van der Waals surface area contributed by atoms with E-state index < -0.39 is 20.8 Å². The van der Waals surface area contributed by atoms with Crippen LogP contribution in [0.5, 0.6) is 0 Å². The van der Waals surface area contributed by atoms with Crippen molar-refractivity contribution in [1.82, 2.24) is 0 Å². The summed E-state index contributed by atoms with van der Waals surface area (Å²) < 4.78 is 64.0. The molecule has 0 aromatic rings. The summed E-state index contributed by atoms with van der Waals surface area (Å²) in [5, 5.41) is 0. The minimum atomic E-state index is -4.26. The Morgan fingerprint density at radius 1 is 0.769 bits per heavy atom. The first kappa shape index (κ1) is 31.2. The van der Waals surface area contributed by atoms with Crippen molar-refractivity contribution in [2.24, 2.45) is 0 Å². The zero-order chi connectivity index (χ0) is 19.6. The summed E-state index contributed by atoms with van der Waals surface area (Å²) in [7, 11) is -8.49. The van der Waals surface area contributed by atoms with E-state index in [2.05, 4.69) is 21.9 Å². The second kappa shape index (κ2) is 20.2. The van der Waals surface area contributed by atoms with Crippen LogP contribution in [0.4, 0.5) is 0 Å². The average Bonchev–Trinajstić information content (AvgIpc) is 2.49. The first-order chi connectivity index (χ1) is 11.6. The van der Waals surface area contributed by atoms with E-state index in [0.29, 0.717) is 6.42 Å². The van der Waals surface area contributed by atoms with E-state index in [1.54, 1.807) is 0 Å². The zero-order valence-corrected chi connectivity index (χ0v) is 16.6. The van der Waals surface area contributed by atoms with E-state index in [4.69, 9.17) is 9.11 Å². The van der Waals surface area contributed by atoms with E-state index in [9.17, 15) is 16.8 Å². The Morgan fingerprint density at radius 2 is 1.15 bits per heavy atom. The third kappa shape index (κ3) is 35.6. The van der Waals surface area contributed by atoms with Gasteiger partial charge in [0.05, 0.1) is 13.2 Å². The van der Waals surface area contributed by atoms with Gasteiger partial charge in [0.2, 0.25) is 0 Å². The molecule has 0 unspecified atom stereocenters.